The zero-order valence-electron chi connectivity index (χ0n) is 6.98. The van der Waals surface area contributed by atoms with E-state index in [1.165, 1.54) is 11.3 Å². The van der Waals surface area contributed by atoms with Crippen LogP contribution in [0, 0.1) is 0 Å². The van der Waals surface area contributed by atoms with E-state index in [2.05, 4.69) is 28.9 Å². The molecule has 1 aromatic rings. The van der Waals surface area contributed by atoms with Gasteiger partial charge in [-0.15, -0.1) is 0 Å². The van der Waals surface area contributed by atoms with E-state index in [1.54, 1.807) is 0 Å². The average Bonchev–Trinajstić information content (AvgIpc) is 2.66. The number of rotatable bonds is 0. The summed E-state index contributed by atoms with van der Waals surface area (Å²) in [6.45, 7) is 0.782. The van der Waals surface area contributed by atoms with Crippen LogP contribution in [0.3, 0.4) is 0 Å². The van der Waals surface area contributed by atoms with Gasteiger partial charge in [0.25, 0.3) is 0 Å². The third kappa shape index (κ3) is 1.10. The van der Waals surface area contributed by atoms with E-state index in [0.717, 1.165) is 13.0 Å². The van der Waals surface area contributed by atoms with Gasteiger partial charge in [-0.05, 0) is 29.3 Å². The van der Waals surface area contributed by atoms with E-state index in [4.69, 9.17) is 15.8 Å². The molecule has 2 atom stereocenters. The van der Waals surface area contributed by atoms with Crippen molar-refractivity contribution in [1.82, 2.24) is 0 Å². The van der Waals surface area contributed by atoms with Crippen molar-refractivity contribution in [3.8, 4) is 0 Å². The molecule has 0 spiro atoms. The summed E-state index contributed by atoms with van der Waals surface area (Å²) in [5.74, 6) is 0. The van der Waals surface area contributed by atoms with Gasteiger partial charge >= 0.3 is 0 Å². The van der Waals surface area contributed by atoms with E-state index in [0.29, 0.717) is 6.04 Å². The van der Waals surface area contributed by atoms with Gasteiger partial charge in [0.1, 0.15) is 0 Å². The summed E-state index contributed by atoms with van der Waals surface area (Å²) in [6.07, 6.45) is 1.09. The Bertz CT molecular complexity index is 346. The lowest BCUT2D eigenvalue weighted by Crippen LogP contribution is -2.21. The minimum Gasteiger partial charge on any atom is -0.325 e. The molecule has 0 aromatic heterocycles. The van der Waals surface area contributed by atoms with E-state index in [1.807, 2.05) is 0 Å². The van der Waals surface area contributed by atoms with Crippen molar-refractivity contribution >= 4 is 24.6 Å². The predicted octanol–water partition coefficient (Wildman–Crippen LogP) is 2.91. The Morgan fingerprint density at radius 1 is 1.46 bits per heavy atom. The predicted molar refractivity (Wildman–Crippen MR) is 55.1 cm³/mol. The first kappa shape index (κ1) is 8.05. The molecule has 0 N–H and O–H groups in total. The molecule has 0 amide bonds. The molecule has 13 heavy (non-hydrogen) atoms. The molecule has 0 aliphatic carbocycles. The Kier molecular flexibility index (Phi) is 1.76. The highest BCUT2D eigenvalue weighted by Crippen LogP contribution is 2.58. The zero-order valence-corrected chi connectivity index (χ0v) is 8.63. The first-order valence-electron chi connectivity index (χ1n) is 4.32. The fourth-order valence-electron chi connectivity index (χ4n) is 2.00. The largest absolute Gasteiger partial charge is 0.325 e. The summed E-state index contributed by atoms with van der Waals surface area (Å²) in [5.41, 5.74) is 2.68. The summed E-state index contributed by atoms with van der Waals surface area (Å²) < 4.78 is 7.66. The molecule has 0 saturated carbocycles. The Morgan fingerprint density at radius 2 is 2.31 bits per heavy atom. The van der Waals surface area contributed by atoms with Crippen molar-refractivity contribution in [3.63, 3.8) is 0 Å². The third-order valence-electron chi connectivity index (χ3n) is 2.58. The molecule has 2 nitrogen and oxygen atoms in total. The third-order valence-corrected chi connectivity index (χ3v) is 4.61. The topological polar surface area (TPSA) is 12.5 Å². The minimum absolute atomic E-state index is 0.487. The molecule has 2 aliphatic rings. The van der Waals surface area contributed by atoms with Gasteiger partial charge in [0.15, 0.2) is 0 Å². The van der Waals surface area contributed by atoms with E-state index in [9.17, 15) is 0 Å². The van der Waals surface area contributed by atoms with E-state index < -0.39 is 7.65 Å². The van der Waals surface area contributed by atoms with Crippen molar-refractivity contribution < 1.29 is 4.52 Å². The molecule has 1 unspecified atom stereocenters. The van der Waals surface area contributed by atoms with Gasteiger partial charge in [0.2, 0.25) is 7.65 Å². The summed E-state index contributed by atoms with van der Waals surface area (Å²) in [4.78, 5) is 0. The first-order chi connectivity index (χ1) is 6.36. The lowest BCUT2D eigenvalue weighted by Gasteiger charge is -2.18. The SMILES string of the molecule is ClP1OC[C@@H]2Cc3ccccc3N21. The van der Waals surface area contributed by atoms with E-state index >= 15 is 0 Å². The molecule has 0 bridgehead atoms. The summed E-state index contributed by atoms with van der Waals surface area (Å²) >= 11 is 6.11. The molecule has 0 radical (unpaired) electrons. The van der Waals surface area contributed by atoms with Crippen LogP contribution < -0.4 is 4.67 Å². The van der Waals surface area contributed by atoms with Crippen LogP contribution in [0.25, 0.3) is 0 Å². The summed E-state index contributed by atoms with van der Waals surface area (Å²) in [7, 11) is -0.886. The molecule has 1 saturated heterocycles. The van der Waals surface area contributed by atoms with Crippen LogP contribution in [0.4, 0.5) is 5.69 Å². The second-order valence-electron chi connectivity index (χ2n) is 3.35. The highest BCUT2D eigenvalue weighted by Gasteiger charge is 2.40. The van der Waals surface area contributed by atoms with Crippen LogP contribution in [-0.2, 0) is 10.9 Å². The highest BCUT2D eigenvalue weighted by atomic mass is 35.7. The van der Waals surface area contributed by atoms with Gasteiger partial charge in [-0.1, -0.05) is 18.2 Å². The number of benzene rings is 1. The number of halogens is 1. The number of para-hydroxylation sites is 1. The Morgan fingerprint density at radius 3 is 3.23 bits per heavy atom. The monoisotopic (exact) mass is 213 g/mol. The number of nitrogens with zero attached hydrogens (tertiary/aromatic N) is 1. The summed E-state index contributed by atoms with van der Waals surface area (Å²) in [5, 5.41) is 0. The number of hydrogen-bond acceptors (Lipinski definition) is 2. The van der Waals surface area contributed by atoms with Crippen LogP contribution >= 0.6 is 18.9 Å². The van der Waals surface area contributed by atoms with Gasteiger partial charge in [-0.3, -0.25) is 0 Å². The average molecular weight is 214 g/mol. The second-order valence-corrected chi connectivity index (χ2v) is 5.36. The maximum atomic E-state index is 6.11. The Balaban J connectivity index is 2.08. The Hall–Kier alpha value is -0.300. The maximum Gasteiger partial charge on any atom is 0.236 e. The summed E-state index contributed by atoms with van der Waals surface area (Å²) in [6, 6.07) is 8.92. The van der Waals surface area contributed by atoms with Crippen molar-refractivity contribution in [2.75, 3.05) is 11.3 Å². The fourth-order valence-corrected chi connectivity index (χ4v) is 3.97. The van der Waals surface area contributed by atoms with Crippen molar-refractivity contribution in [1.29, 1.82) is 0 Å². The minimum atomic E-state index is -0.886. The standard InChI is InChI=1S/C9H9ClNOP/c10-13-11-8(6-12-13)5-7-3-1-2-4-9(7)11/h1-4,8H,5-6H2/t8-,13?/m0/s1. The van der Waals surface area contributed by atoms with Gasteiger partial charge in [0, 0.05) is 5.69 Å². The lowest BCUT2D eigenvalue weighted by atomic mass is 10.1. The van der Waals surface area contributed by atoms with Crippen LogP contribution in [0.15, 0.2) is 24.3 Å². The fraction of sp³-hybridized carbons (Fsp3) is 0.333. The number of fused-ring (bicyclic) bond motifs is 3. The highest BCUT2D eigenvalue weighted by molar-refractivity contribution is 7.81. The zero-order chi connectivity index (χ0) is 8.84. The quantitative estimate of drug-likeness (QED) is 0.615. The van der Waals surface area contributed by atoms with Crippen LogP contribution in [-0.4, -0.2) is 12.6 Å². The van der Waals surface area contributed by atoms with Gasteiger partial charge in [0.05, 0.1) is 12.6 Å². The van der Waals surface area contributed by atoms with Gasteiger partial charge < -0.3 is 9.19 Å². The molecule has 2 heterocycles. The molecule has 2 aliphatic heterocycles. The van der Waals surface area contributed by atoms with Crippen molar-refractivity contribution in [2.24, 2.45) is 0 Å². The molecule has 1 aromatic carbocycles. The van der Waals surface area contributed by atoms with Crippen molar-refractivity contribution in [2.45, 2.75) is 12.5 Å². The molecule has 4 heteroatoms. The first-order valence-corrected chi connectivity index (χ1v) is 6.44. The number of anilines is 1. The molecular weight excluding hydrogens is 205 g/mol. The molecule has 68 valence electrons. The maximum absolute atomic E-state index is 6.11. The molecular formula is C9H9ClNOP. The molecule has 3 rings (SSSR count). The molecule has 1 fully saturated rings. The second kappa shape index (κ2) is 2.84. The van der Waals surface area contributed by atoms with Crippen LogP contribution in [0.1, 0.15) is 5.56 Å². The Labute approximate surface area is 83.1 Å². The number of hydrogen-bond donors (Lipinski definition) is 0. The van der Waals surface area contributed by atoms with Gasteiger partial charge in [-0.25, -0.2) is 0 Å². The normalized spacial score (nSPS) is 30.4. The van der Waals surface area contributed by atoms with Crippen molar-refractivity contribution in [3.05, 3.63) is 29.8 Å². The smallest absolute Gasteiger partial charge is 0.236 e. The van der Waals surface area contributed by atoms with E-state index in [-0.39, 0.29) is 0 Å². The van der Waals surface area contributed by atoms with Crippen LogP contribution in [0.5, 0.6) is 0 Å². The lowest BCUT2D eigenvalue weighted by molar-refractivity contribution is 0.368. The van der Waals surface area contributed by atoms with Gasteiger partial charge in [-0.2, -0.15) is 0 Å². The van der Waals surface area contributed by atoms with Crippen LogP contribution in [0.2, 0.25) is 0 Å².